The Kier molecular flexibility index (Phi) is 6.74. The van der Waals surface area contributed by atoms with Gasteiger partial charge < -0.3 is 14.8 Å². The molecule has 0 bridgehead atoms. The van der Waals surface area contributed by atoms with Gasteiger partial charge in [0.2, 0.25) is 5.88 Å². The second-order valence-corrected chi connectivity index (χ2v) is 7.95. The van der Waals surface area contributed by atoms with Crippen LogP contribution in [0.4, 0.5) is 0 Å². The topological polar surface area (TPSA) is 90.6 Å². The predicted molar refractivity (Wildman–Crippen MR) is 126 cm³/mol. The normalized spacial score (nSPS) is 11.9. The van der Waals surface area contributed by atoms with Crippen molar-refractivity contribution in [3.8, 4) is 23.0 Å². The lowest BCUT2D eigenvalue weighted by atomic mass is 10.1. The molecule has 2 aromatic heterocycles. The molecule has 1 N–H and O–H groups in total. The molecule has 1 amide bonds. The van der Waals surface area contributed by atoms with E-state index in [1.54, 1.807) is 29.6 Å². The van der Waals surface area contributed by atoms with E-state index in [4.69, 9.17) is 21.1 Å². The van der Waals surface area contributed by atoms with E-state index in [1.165, 1.54) is 0 Å². The first-order valence-corrected chi connectivity index (χ1v) is 10.9. The highest BCUT2D eigenvalue weighted by Crippen LogP contribution is 2.26. The number of aryl methyl sites for hydroxylation is 1. The lowest BCUT2D eigenvalue weighted by Crippen LogP contribution is -2.38. The Hall–Kier alpha value is -3.65. The standard InChI is InChI=1S/C24H24ClN5O3/c1-15-7-6-10-20(16(15)2)33-17(3)24(31)26-13-14-32-22-12-11-21-27-28-23(30(21)29-22)18-8-4-5-9-19(18)25/h4-12,17H,13-14H2,1-3H3,(H,26,31). The summed E-state index contributed by atoms with van der Waals surface area (Å²) in [6.45, 7) is 6.24. The summed E-state index contributed by atoms with van der Waals surface area (Å²) in [7, 11) is 0. The van der Waals surface area contributed by atoms with E-state index in [-0.39, 0.29) is 12.5 Å². The van der Waals surface area contributed by atoms with Crippen molar-refractivity contribution in [2.75, 3.05) is 13.2 Å². The van der Waals surface area contributed by atoms with E-state index >= 15 is 0 Å². The summed E-state index contributed by atoms with van der Waals surface area (Å²) < 4.78 is 13.1. The molecule has 0 saturated heterocycles. The first-order chi connectivity index (χ1) is 15.9. The van der Waals surface area contributed by atoms with Crippen molar-refractivity contribution in [2.45, 2.75) is 26.9 Å². The van der Waals surface area contributed by atoms with Gasteiger partial charge in [0.05, 0.1) is 11.6 Å². The number of halogens is 1. The average Bonchev–Trinajstić information content (AvgIpc) is 3.23. The van der Waals surface area contributed by atoms with E-state index in [2.05, 4.69) is 20.6 Å². The van der Waals surface area contributed by atoms with E-state index in [9.17, 15) is 4.79 Å². The van der Waals surface area contributed by atoms with Crippen LogP contribution in [0.1, 0.15) is 18.1 Å². The summed E-state index contributed by atoms with van der Waals surface area (Å²) in [6, 6.07) is 16.6. The number of nitrogens with one attached hydrogen (secondary N) is 1. The minimum Gasteiger partial charge on any atom is -0.481 e. The fourth-order valence-corrected chi connectivity index (χ4v) is 3.45. The number of carbonyl (C=O) groups is 1. The van der Waals surface area contributed by atoms with Gasteiger partial charge in [-0.15, -0.1) is 15.3 Å². The number of hydrogen-bond donors (Lipinski definition) is 1. The summed E-state index contributed by atoms with van der Waals surface area (Å²) in [5.41, 5.74) is 3.43. The smallest absolute Gasteiger partial charge is 0.260 e. The SMILES string of the molecule is Cc1cccc(OC(C)C(=O)NCCOc2ccc3nnc(-c4ccccc4Cl)n3n2)c1C. The number of amides is 1. The molecule has 0 aliphatic rings. The van der Waals surface area contributed by atoms with E-state index in [0.29, 0.717) is 34.7 Å². The number of hydrogen-bond acceptors (Lipinski definition) is 6. The van der Waals surface area contributed by atoms with Crippen molar-refractivity contribution in [3.63, 3.8) is 0 Å². The molecular weight excluding hydrogens is 442 g/mol. The molecule has 9 heteroatoms. The maximum atomic E-state index is 12.4. The molecule has 0 saturated carbocycles. The highest BCUT2D eigenvalue weighted by Gasteiger charge is 2.16. The maximum Gasteiger partial charge on any atom is 0.260 e. The second-order valence-electron chi connectivity index (χ2n) is 7.54. The zero-order chi connectivity index (χ0) is 23.4. The van der Waals surface area contributed by atoms with E-state index < -0.39 is 6.10 Å². The minimum atomic E-state index is -0.629. The van der Waals surface area contributed by atoms with Crippen LogP contribution in [0.25, 0.3) is 17.0 Å². The number of aromatic nitrogens is 4. The van der Waals surface area contributed by atoms with E-state index in [1.807, 2.05) is 50.2 Å². The third kappa shape index (κ3) is 5.06. The molecule has 33 heavy (non-hydrogen) atoms. The number of nitrogens with zero attached hydrogens (tertiary/aromatic N) is 4. The molecule has 2 heterocycles. The number of carbonyl (C=O) groups excluding carboxylic acids is 1. The Morgan fingerprint density at radius 2 is 1.91 bits per heavy atom. The van der Waals surface area contributed by atoms with Crippen molar-refractivity contribution in [1.82, 2.24) is 25.1 Å². The summed E-state index contributed by atoms with van der Waals surface area (Å²) in [6.07, 6.45) is -0.629. The number of benzene rings is 2. The molecule has 1 atom stereocenters. The Morgan fingerprint density at radius 3 is 2.73 bits per heavy atom. The third-order valence-corrected chi connectivity index (χ3v) is 5.56. The van der Waals surface area contributed by atoms with Gasteiger partial charge in [-0.2, -0.15) is 4.52 Å². The van der Waals surface area contributed by atoms with Gasteiger partial charge in [-0.25, -0.2) is 0 Å². The van der Waals surface area contributed by atoms with Gasteiger partial charge in [-0.1, -0.05) is 35.9 Å². The molecule has 0 aliphatic heterocycles. The van der Waals surface area contributed by atoms with Crippen LogP contribution in [0, 0.1) is 13.8 Å². The average molecular weight is 466 g/mol. The van der Waals surface area contributed by atoms with Crippen LogP contribution in [0.15, 0.2) is 54.6 Å². The second kappa shape index (κ2) is 9.87. The Balaban J connectivity index is 1.33. The lowest BCUT2D eigenvalue weighted by Gasteiger charge is -2.17. The molecule has 0 radical (unpaired) electrons. The first kappa shape index (κ1) is 22.5. The molecule has 8 nitrogen and oxygen atoms in total. The van der Waals surface area contributed by atoms with Crippen molar-refractivity contribution in [2.24, 2.45) is 0 Å². The van der Waals surface area contributed by atoms with Gasteiger partial charge in [0, 0.05) is 11.6 Å². The zero-order valence-electron chi connectivity index (χ0n) is 18.6. The molecule has 170 valence electrons. The third-order valence-electron chi connectivity index (χ3n) is 5.23. The van der Waals surface area contributed by atoms with Gasteiger partial charge in [0.25, 0.3) is 5.91 Å². The Labute approximate surface area is 196 Å². The molecule has 1 unspecified atom stereocenters. The van der Waals surface area contributed by atoms with Crippen molar-refractivity contribution in [1.29, 1.82) is 0 Å². The van der Waals surface area contributed by atoms with Crippen LogP contribution in [0.2, 0.25) is 5.02 Å². The number of rotatable bonds is 8. The molecule has 0 spiro atoms. The fraction of sp³-hybridized carbons (Fsp3) is 0.250. The van der Waals surface area contributed by atoms with Crippen LogP contribution in [-0.4, -0.2) is 45.0 Å². The Bertz CT molecular complexity index is 1290. The fourth-order valence-electron chi connectivity index (χ4n) is 3.23. The van der Waals surface area contributed by atoms with Gasteiger partial charge >= 0.3 is 0 Å². The van der Waals surface area contributed by atoms with Crippen LogP contribution < -0.4 is 14.8 Å². The highest BCUT2D eigenvalue weighted by molar-refractivity contribution is 6.33. The molecular formula is C24H24ClN5O3. The van der Waals surface area contributed by atoms with Crippen LogP contribution >= 0.6 is 11.6 Å². The van der Waals surface area contributed by atoms with E-state index in [0.717, 1.165) is 16.7 Å². The summed E-state index contributed by atoms with van der Waals surface area (Å²) in [4.78, 5) is 12.4. The molecule has 0 aliphatic carbocycles. The highest BCUT2D eigenvalue weighted by atomic mass is 35.5. The summed E-state index contributed by atoms with van der Waals surface area (Å²) >= 11 is 6.29. The van der Waals surface area contributed by atoms with Gasteiger partial charge in [0.15, 0.2) is 17.6 Å². The minimum absolute atomic E-state index is 0.220. The Morgan fingerprint density at radius 1 is 1.09 bits per heavy atom. The number of fused-ring (bicyclic) bond motifs is 1. The van der Waals surface area contributed by atoms with Crippen LogP contribution in [-0.2, 0) is 4.79 Å². The lowest BCUT2D eigenvalue weighted by molar-refractivity contribution is -0.127. The van der Waals surface area contributed by atoms with Crippen molar-refractivity contribution in [3.05, 3.63) is 70.7 Å². The van der Waals surface area contributed by atoms with Gasteiger partial charge in [0.1, 0.15) is 12.4 Å². The summed E-state index contributed by atoms with van der Waals surface area (Å²) in [5, 5.41) is 16.1. The molecule has 0 fully saturated rings. The zero-order valence-corrected chi connectivity index (χ0v) is 19.3. The summed E-state index contributed by atoms with van der Waals surface area (Å²) in [5.74, 6) is 1.38. The maximum absolute atomic E-state index is 12.4. The van der Waals surface area contributed by atoms with Crippen LogP contribution in [0.5, 0.6) is 11.6 Å². The van der Waals surface area contributed by atoms with Crippen LogP contribution in [0.3, 0.4) is 0 Å². The molecule has 4 aromatic rings. The molecule has 2 aromatic carbocycles. The van der Waals surface area contributed by atoms with Gasteiger partial charge in [-0.05, 0) is 56.2 Å². The first-order valence-electron chi connectivity index (χ1n) is 10.5. The largest absolute Gasteiger partial charge is 0.481 e. The quantitative estimate of drug-likeness (QED) is 0.395. The van der Waals surface area contributed by atoms with Crippen molar-refractivity contribution >= 4 is 23.2 Å². The molecule has 4 rings (SSSR count). The number of ether oxygens (including phenoxy) is 2. The van der Waals surface area contributed by atoms with Crippen molar-refractivity contribution < 1.29 is 14.3 Å². The van der Waals surface area contributed by atoms with Gasteiger partial charge in [-0.3, -0.25) is 4.79 Å². The predicted octanol–water partition coefficient (Wildman–Crippen LogP) is 4.02. The monoisotopic (exact) mass is 465 g/mol.